The maximum Gasteiger partial charge on any atom is 0.213 e. The van der Waals surface area contributed by atoms with E-state index in [1.54, 1.807) is 12.4 Å². The molecule has 2 aromatic heterocycles. The summed E-state index contributed by atoms with van der Waals surface area (Å²) in [5, 5.41) is 0. The predicted molar refractivity (Wildman–Crippen MR) is 81.5 cm³/mol. The number of hydrogen-bond donors (Lipinski definition) is 1. The lowest BCUT2D eigenvalue weighted by Gasteiger charge is -2.09. The van der Waals surface area contributed by atoms with Crippen LogP contribution in [0, 0.1) is 6.92 Å². The van der Waals surface area contributed by atoms with E-state index in [2.05, 4.69) is 15.0 Å². The van der Waals surface area contributed by atoms with Crippen molar-refractivity contribution >= 4 is 5.82 Å². The molecule has 0 saturated carbocycles. The van der Waals surface area contributed by atoms with Gasteiger partial charge in [-0.15, -0.1) is 0 Å². The van der Waals surface area contributed by atoms with Gasteiger partial charge in [-0.2, -0.15) is 0 Å². The largest absolute Gasteiger partial charge is 0.475 e. The van der Waals surface area contributed by atoms with Crippen LogP contribution in [0.15, 0.2) is 24.5 Å². The number of aryl methyl sites for hydroxylation is 1. The molecule has 0 unspecified atom stereocenters. The van der Waals surface area contributed by atoms with Gasteiger partial charge in [0.1, 0.15) is 5.82 Å². The molecule has 5 nitrogen and oxygen atoms in total. The molecule has 108 valence electrons. The molecular weight excluding hydrogens is 252 g/mol. The standard InChI is InChI=1S/C13H16N4O.C2H6/c1-8(2)18-12-5-4-10(6-15-12)11-7-16-13(14)9(3)17-11;1-2/h4-8H,1-3H3,(H2,14,16);1-2H3. The van der Waals surface area contributed by atoms with Gasteiger partial charge in [-0.3, -0.25) is 0 Å². The number of anilines is 1. The highest BCUT2D eigenvalue weighted by atomic mass is 16.5. The van der Waals surface area contributed by atoms with Crippen LogP contribution in [0.3, 0.4) is 0 Å². The Hall–Kier alpha value is -2.17. The van der Waals surface area contributed by atoms with Gasteiger partial charge in [-0.1, -0.05) is 13.8 Å². The third kappa shape index (κ3) is 4.19. The van der Waals surface area contributed by atoms with Gasteiger partial charge in [0.15, 0.2) is 0 Å². The topological polar surface area (TPSA) is 73.9 Å². The predicted octanol–water partition coefficient (Wildman–Crippen LogP) is 3.24. The van der Waals surface area contributed by atoms with E-state index >= 15 is 0 Å². The number of rotatable bonds is 3. The fourth-order valence-electron chi connectivity index (χ4n) is 1.47. The van der Waals surface area contributed by atoms with E-state index in [-0.39, 0.29) is 6.10 Å². The van der Waals surface area contributed by atoms with Gasteiger partial charge in [0.25, 0.3) is 0 Å². The fourth-order valence-corrected chi connectivity index (χ4v) is 1.47. The lowest BCUT2D eigenvalue weighted by molar-refractivity contribution is 0.232. The van der Waals surface area contributed by atoms with E-state index in [1.807, 2.05) is 46.8 Å². The van der Waals surface area contributed by atoms with Gasteiger partial charge in [0, 0.05) is 17.8 Å². The van der Waals surface area contributed by atoms with Crippen LogP contribution in [-0.4, -0.2) is 21.1 Å². The van der Waals surface area contributed by atoms with E-state index in [0.29, 0.717) is 11.7 Å². The zero-order valence-corrected chi connectivity index (χ0v) is 12.7. The second kappa shape index (κ2) is 7.43. The van der Waals surface area contributed by atoms with Crippen molar-refractivity contribution in [3.63, 3.8) is 0 Å². The number of pyridine rings is 1. The average Bonchev–Trinajstić information content (AvgIpc) is 2.44. The third-order valence-corrected chi connectivity index (χ3v) is 2.37. The van der Waals surface area contributed by atoms with E-state index in [1.165, 1.54) is 0 Å². The molecule has 0 saturated heterocycles. The zero-order valence-electron chi connectivity index (χ0n) is 12.7. The number of aromatic nitrogens is 3. The minimum absolute atomic E-state index is 0.113. The zero-order chi connectivity index (χ0) is 15.1. The molecule has 0 aliphatic rings. The molecule has 2 rings (SSSR count). The van der Waals surface area contributed by atoms with Crippen LogP contribution in [0.25, 0.3) is 11.3 Å². The van der Waals surface area contributed by atoms with Crippen LogP contribution in [0.1, 0.15) is 33.4 Å². The summed E-state index contributed by atoms with van der Waals surface area (Å²) in [6.07, 6.45) is 3.47. The molecule has 2 heterocycles. The van der Waals surface area contributed by atoms with Gasteiger partial charge in [0.05, 0.1) is 23.7 Å². The van der Waals surface area contributed by atoms with Gasteiger partial charge in [0.2, 0.25) is 5.88 Å². The number of hydrogen-bond acceptors (Lipinski definition) is 5. The highest BCUT2D eigenvalue weighted by Gasteiger charge is 2.05. The Kier molecular flexibility index (Phi) is 5.90. The maximum atomic E-state index is 5.64. The first kappa shape index (κ1) is 15.9. The van der Waals surface area contributed by atoms with Crippen LogP contribution in [0.5, 0.6) is 5.88 Å². The molecule has 0 radical (unpaired) electrons. The molecule has 20 heavy (non-hydrogen) atoms. The smallest absolute Gasteiger partial charge is 0.213 e. The molecule has 0 fully saturated rings. The van der Waals surface area contributed by atoms with Crippen LogP contribution < -0.4 is 10.5 Å². The molecule has 0 spiro atoms. The number of nitrogen functional groups attached to an aromatic ring is 1. The number of nitrogens with two attached hydrogens (primary N) is 1. The van der Waals surface area contributed by atoms with Crippen molar-refractivity contribution in [3.8, 4) is 17.1 Å². The van der Waals surface area contributed by atoms with E-state index < -0.39 is 0 Å². The Labute approximate surface area is 120 Å². The fraction of sp³-hybridized carbons (Fsp3) is 0.400. The first-order chi connectivity index (χ1) is 9.56. The highest BCUT2D eigenvalue weighted by Crippen LogP contribution is 2.19. The molecule has 2 N–H and O–H groups in total. The molecule has 2 aromatic rings. The molecule has 0 aliphatic carbocycles. The summed E-state index contributed by atoms with van der Waals surface area (Å²) in [5.74, 6) is 1.06. The van der Waals surface area contributed by atoms with Crippen LogP contribution >= 0.6 is 0 Å². The van der Waals surface area contributed by atoms with E-state index in [4.69, 9.17) is 10.5 Å². The number of nitrogens with zero attached hydrogens (tertiary/aromatic N) is 3. The van der Waals surface area contributed by atoms with Crippen molar-refractivity contribution in [1.82, 2.24) is 15.0 Å². The molecule has 0 atom stereocenters. The second-order valence-electron chi connectivity index (χ2n) is 4.28. The Bertz CT molecular complexity index is 538. The van der Waals surface area contributed by atoms with Crippen LogP contribution in [0.2, 0.25) is 0 Å². The summed E-state index contributed by atoms with van der Waals surface area (Å²) < 4.78 is 5.48. The monoisotopic (exact) mass is 274 g/mol. The molecule has 0 amide bonds. The minimum atomic E-state index is 0.113. The van der Waals surface area contributed by atoms with Crippen molar-refractivity contribution in [1.29, 1.82) is 0 Å². The molecular formula is C15H22N4O. The van der Waals surface area contributed by atoms with Crippen molar-refractivity contribution in [3.05, 3.63) is 30.2 Å². The van der Waals surface area contributed by atoms with E-state index in [9.17, 15) is 0 Å². The summed E-state index contributed by atoms with van der Waals surface area (Å²) in [6, 6.07) is 3.73. The van der Waals surface area contributed by atoms with Gasteiger partial charge >= 0.3 is 0 Å². The summed E-state index contributed by atoms with van der Waals surface area (Å²) >= 11 is 0. The SMILES string of the molecule is CC.Cc1nc(-c2ccc(OC(C)C)nc2)cnc1N. The van der Waals surface area contributed by atoms with Crippen molar-refractivity contribution in [2.45, 2.75) is 40.7 Å². The third-order valence-electron chi connectivity index (χ3n) is 2.37. The normalized spacial score (nSPS) is 9.90. The highest BCUT2D eigenvalue weighted by molar-refractivity contribution is 5.58. The minimum Gasteiger partial charge on any atom is -0.475 e. The van der Waals surface area contributed by atoms with Crippen molar-refractivity contribution in [2.24, 2.45) is 0 Å². The Morgan fingerprint density at radius 3 is 2.30 bits per heavy atom. The Morgan fingerprint density at radius 2 is 1.80 bits per heavy atom. The van der Waals surface area contributed by atoms with Gasteiger partial charge in [-0.05, 0) is 26.8 Å². The Balaban J connectivity index is 0.000000956. The van der Waals surface area contributed by atoms with Gasteiger partial charge in [-0.25, -0.2) is 15.0 Å². The Morgan fingerprint density at radius 1 is 1.10 bits per heavy atom. The second-order valence-corrected chi connectivity index (χ2v) is 4.28. The van der Waals surface area contributed by atoms with Gasteiger partial charge < -0.3 is 10.5 Å². The summed E-state index contributed by atoms with van der Waals surface area (Å²) in [5.41, 5.74) is 8.00. The van der Waals surface area contributed by atoms with Crippen molar-refractivity contribution in [2.75, 3.05) is 5.73 Å². The summed E-state index contributed by atoms with van der Waals surface area (Å²) in [7, 11) is 0. The molecule has 0 aromatic carbocycles. The quantitative estimate of drug-likeness (QED) is 0.930. The molecule has 0 aliphatic heterocycles. The van der Waals surface area contributed by atoms with Crippen LogP contribution in [-0.2, 0) is 0 Å². The van der Waals surface area contributed by atoms with E-state index in [0.717, 1.165) is 17.0 Å². The first-order valence-electron chi connectivity index (χ1n) is 6.78. The maximum absolute atomic E-state index is 5.64. The van der Waals surface area contributed by atoms with Crippen molar-refractivity contribution < 1.29 is 4.74 Å². The number of ether oxygens (including phenoxy) is 1. The van der Waals surface area contributed by atoms with Crippen LogP contribution in [0.4, 0.5) is 5.82 Å². The lowest BCUT2D eigenvalue weighted by Crippen LogP contribution is -2.06. The first-order valence-corrected chi connectivity index (χ1v) is 6.78. The summed E-state index contributed by atoms with van der Waals surface area (Å²) in [6.45, 7) is 9.75. The molecule has 0 bridgehead atoms. The lowest BCUT2D eigenvalue weighted by atomic mass is 10.2. The molecule has 5 heteroatoms. The average molecular weight is 274 g/mol. The summed E-state index contributed by atoms with van der Waals surface area (Å²) in [4.78, 5) is 12.7.